The minimum absolute atomic E-state index is 0.476. The minimum Gasteiger partial charge on any atom is -0.399 e. The first kappa shape index (κ1) is 15.7. The number of rotatable bonds is 3. The average molecular weight is 320 g/mol. The van der Waals surface area contributed by atoms with E-state index >= 15 is 0 Å². The van der Waals surface area contributed by atoms with Crippen molar-refractivity contribution >= 4 is 28.9 Å². The van der Waals surface area contributed by atoms with Gasteiger partial charge in [-0.2, -0.15) is 5.26 Å². The van der Waals surface area contributed by atoms with Crippen LogP contribution in [-0.4, -0.2) is 19.0 Å². The Kier molecular flexibility index (Phi) is 4.74. The molecule has 0 radical (unpaired) electrons. The molecule has 3 nitrogen and oxygen atoms in total. The summed E-state index contributed by atoms with van der Waals surface area (Å²) in [5, 5.41) is 10.3. The van der Waals surface area contributed by atoms with Gasteiger partial charge in [-0.15, -0.1) is 0 Å². The summed E-state index contributed by atoms with van der Waals surface area (Å²) in [5.74, 6) is 0. The predicted octanol–water partition coefficient (Wildman–Crippen LogP) is 4.18. The molecule has 2 aromatic rings. The first-order chi connectivity index (χ1) is 9.92. The molecule has 0 bridgehead atoms. The number of nitriles is 1. The zero-order valence-corrected chi connectivity index (χ0v) is 13.3. The molecule has 2 aromatic carbocycles. The van der Waals surface area contributed by atoms with E-state index in [4.69, 9.17) is 28.9 Å². The van der Waals surface area contributed by atoms with Gasteiger partial charge in [0, 0.05) is 17.8 Å². The van der Waals surface area contributed by atoms with Gasteiger partial charge in [0.15, 0.2) is 0 Å². The Balaban J connectivity index is 2.55. The summed E-state index contributed by atoms with van der Waals surface area (Å²) in [5.41, 5.74) is 9.31. The molecule has 0 aliphatic carbocycles. The third kappa shape index (κ3) is 3.48. The Morgan fingerprint density at radius 3 is 2.29 bits per heavy atom. The van der Waals surface area contributed by atoms with Crippen LogP contribution in [0.25, 0.3) is 11.1 Å². The van der Waals surface area contributed by atoms with E-state index in [0.717, 1.165) is 11.1 Å². The minimum atomic E-state index is 0.476. The molecule has 5 heteroatoms. The second-order valence-corrected chi connectivity index (χ2v) is 5.90. The standard InChI is InChI=1S/C16H15Cl2N3/c1-21(2)9-11-4-3-10(5-12(11)8-19)16-14(17)6-13(20)7-15(16)18/h3-7H,9,20H2,1-2H3. The molecule has 0 aliphatic rings. The van der Waals surface area contributed by atoms with Crippen molar-refractivity contribution in [1.82, 2.24) is 4.90 Å². The number of halogens is 2. The lowest BCUT2D eigenvalue weighted by Gasteiger charge is -2.13. The summed E-state index contributed by atoms with van der Waals surface area (Å²) in [6, 6.07) is 11.2. The highest BCUT2D eigenvalue weighted by atomic mass is 35.5. The fourth-order valence-corrected chi connectivity index (χ4v) is 2.91. The zero-order valence-electron chi connectivity index (χ0n) is 11.8. The molecule has 0 aromatic heterocycles. The van der Waals surface area contributed by atoms with Crippen molar-refractivity contribution in [2.75, 3.05) is 19.8 Å². The van der Waals surface area contributed by atoms with Crippen LogP contribution >= 0.6 is 23.2 Å². The number of hydrogen-bond donors (Lipinski definition) is 1. The molecular weight excluding hydrogens is 305 g/mol. The van der Waals surface area contributed by atoms with Crippen LogP contribution in [0.4, 0.5) is 5.69 Å². The van der Waals surface area contributed by atoms with Gasteiger partial charge in [0.25, 0.3) is 0 Å². The fraction of sp³-hybridized carbons (Fsp3) is 0.188. The van der Waals surface area contributed by atoms with E-state index in [0.29, 0.717) is 33.4 Å². The highest BCUT2D eigenvalue weighted by Crippen LogP contribution is 2.37. The van der Waals surface area contributed by atoms with Crippen molar-refractivity contribution in [1.29, 1.82) is 5.26 Å². The third-order valence-corrected chi connectivity index (χ3v) is 3.67. The van der Waals surface area contributed by atoms with E-state index in [1.807, 2.05) is 37.2 Å². The molecular formula is C16H15Cl2N3. The molecule has 2 N–H and O–H groups in total. The van der Waals surface area contributed by atoms with Crippen molar-refractivity contribution in [3.8, 4) is 17.2 Å². The molecule has 0 amide bonds. The summed E-state index contributed by atoms with van der Waals surface area (Å²) in [7, 11) is 3.92. The smallest absolute Gasteiger partial charge is 0.0995 e. The second kappa shape index (κ2) is 6.36. The van der Waals surface area contributed by atoms with Crippen molar-refractivity contribution < 1.29 is 0 Å². The van der Waals surface area contributed by atoms with Crippen LogP contribution in [0.5, 0.6) is 0 Å². The summed E-state index contributed by atoms with van der Waals surface area (Å²) >= 11 is 12.5. The van der Waals surface area contributed by atoms with Crippen molar-refractivity contribution in [2.24, 2.45) is 0 Å². The molecule has 0 saturated heterocycles. The van der Waals surface area contributed by atoms with Crippen LogP contribution in [0, 0.1) is 11.3 Å². The Hall–Kier alpha value is -1.73. The number of nitrogens with two attached hydrogens (primary N) is 1. The molecule has 0 unspecified atom stereocenters. The summed E-state index contributed by atoms with van der Waals surface area (Å²) in [6.07, 6.45) is 0. The molecule has 0 fully saturated rings. The number of nitrogen functional groups attached to an aromatic ring is 1. The summed E-state index contributed by atoms with van der Waals surface area (Å²) in [4.78, 5) is 2.01. The number of nitrogens with zero attached hydrogens (tertiary/aromatic N) is 2. The van der Waals surface area contributed by atoms with Crippen LogP contribution < -0.4 is 5.73 Å². The van der Waals surface area contributed by atoms with E-state index in [1.54, 1.807) is 12.1 Å². The van der Waals surface area contributed by atoms with Crippen molar-refractivity contribution in [3.63, 3.8) is 0 Å². The van der Waals surface area contributed by atoms with E-state index in [9.17, 15) is 5.26 Å². The Labute approximate surface area is 134 Å². The quantitative estimate of drug-likeness (QED) is 0.863. The van der Waals surface area contributed by atoms with Crippen LogP contribution in [-0.2, 0) is 6.54 Å². The van der Waals surface area contributed by atoms with E-state index in [2.05, 4.69) is 6.07 Å². The van der Waals surface area contributed by atoms with Gasteiger partial charge in [0.2, 0.25) is 0 Å². The van der Waals surface area contributed by atoms with E-state index in [1.165, 1.54) is 0 Å². The lowest BCUT2D eigenvalue weighted by molar-refractivity contribution is 0.402. The molecule has 21 heavy (non-hydrogen) atoms. The van der Waals surface area contributed by atoms with Gasteiger partial charge in [-0.25, -0.2) is 0 Å². The molecule has 0 spiro atoms. The first-order valence-electron chi connectivity index (χ1n) is 6.35. The number of benzene rings is 2. The van der Waals surface area contributed by atoms with Gasteiger partial charge < -0.3 is 10.6 Å². The highest BCUT2D eigenvalue weighted by Gasteiger charge is 2.12. The van der Waals surface area contributed by atoms with Crippen molar-refractivity contribution in [2.45, 2.75) is 6.54 Å². The normalized spacial score (nSPS) is 10.7. The van der Waals surface area contributed by atoms with Crippen LogP contribution in [0.2, 0.25) is 10.0 Å². The van der Waals surface area contributed by atoms with Crippen LogP contribution in [0.15, 0.2) is 30.3 Å². The largest absolute Gasteiger partial charge is 0.399 e. The fourth-order valence-electron chi connectivity index (χ4n) is 2.18. The van der Waals surface area contributed by atoms with Gasteiger partial charge in [-0.1, -0.05) is 35.3 Å². The second-order valence-electron chi connectivity index (χ2n) is 5.08. The van der Waals surface area contributed by atoms with Crippen LogP contribution in [0.3, 0.4) is 0 Å². The number of hydrogen-bond acceptors (Lipinski definition) is 3. The molecule has 0 saturated carbocycles. The van der Waals surface area contributed by atoms with Gasteiger partial charge >= 0.3 is 0 Å². The summed E-state index contributed by atoms with van der Waals surface area (Å²) in [6.45, 7) is 0.701. The average Bonchev–Trinajstić information content (AvgIpc) is 2.38. The Bertz CT molecular complexity index is 695. The van der Waals surface area contributed by atoms with Gasteiger partial charge in [0.1, 0.15) is 0 Å². The predicted molar refractivity (Wildman–Crippen MR) is 88.4 cm³/mol. The van der Waals surface area contributed by atoms with Gasteiger partial charge in [-0.3, -0.25) is 0 Å². The Morgan fingerprint density at radius 2 is 1.76 bits per heavy atom. The lowest BCUT2D eigenvalue weighted by Crippen LogP contribution is -2.11. The molecule has 108 valence electrons. The SMILES string of the molecule is CN(C)Cc1ccc(-c2c(Cl)cc(N)cc2Cl)cc1C#N. The molecule has 0 heterocycles. The van der Waals surface area contributed by atoms with Gasteiger partial charge in [-0.05, 0) is 43.4 Å². The Morgan fingerprint density at radius 1 is 1.14 bits per heavy atom. The third-order valence-electron chi connectivity index (χ3n) is 3.07. The maximum atomic E-state index is 9.33. The van der Waals surface area contributed by atoms with E-state index < -0.39 is 0 Å². The molecule has 0 atom stereocenters. The maximum absolute atomic E-state index is 9.33. The molecule has 2 rings (SSSR count). The highest BCUT2D eigenvalue weighted by molar-refractivity contribution is 6.39. The van der Waals surface area contributed by atoms with Crippen LogP contribution in [0.1, 0.15) is 11.1 Å². The number of anilines is 1. The monoisotopic (exact) mass is 319 g/mol. The summed E-state index contributed by atoms with van der Waals surface area (Å²) < 4.78 is 0. The molecule has 0 aliphatic heterocycles. The van der Waals surface area contributed by atoms with Gasteiger partial charge in [0.05, 0.1) is 21.7 Å². The lowest BCUT2D eigenvalue weighted by atomic mass is 9.99. The maximum Gasteiger partial charge on any atom is 0.0995 e. The topological polar surface area (TPSA) is 53.0 Å². The van der Waals surface area contributed by atoms with Crippen molar-refractivity contribution in [3.05, 3.63) is 51.5 Å². The zero-order chi connectivity index (χ0) is 15.6. The van der Waals surface area contributed by atoms with E-state index in [-0.39, 0.29) is 0 Å². The first-order valence-corrected chi connectivity index (χ1v) is 7.10.